The third kappa shape index (κ3) is 2.03. The fraction of sp³-hybridized carbons (Fsp3) is 1.00. The third-order valence-corrected chi connectivity index (χ3v) is 2.63. The van der Waals surface area contributed by atoms with Gasteiger partial charge in [0.15, 0.2) is 0 Å². The van der Waals surface area contributed by atoms with Crippen molar-refractivity contribution >= 4 is 7.85 Å². The van der Waals surface area contributed by atoms with E-state index in [9.17, 15) is 0 Å². The molecule has 10 heavy (non-hydrogen) atoms. The summed E-state index contributed by atoms with van der Waals surface area (Å²) in [4.78, 5) is 0. The highest BCUT2D eigenvalue weighted by Crippen LogP contribution is 2.38. The van der Waals surface area contributed by atoms with Gasteiger partial charge >= 0.3 is 0 Å². The molecule has 1 unspecified atom stereocenters. The fourth-order valence-corrected chi connectivity index (χ4v) is 1.86. The molecule has 1 rings (SSSR count). The molecule has 2 radical (unpaired) electrons. The first-order chi connectivity index (χ1) is 4.72. The van der Waals surface area contributed by atoms with Gasteiger partial charge in [0.05, 0.1) is 7.85 Å². The number of hydrogen-bond acceptors (Lipinski definition) is 0. The van der Waals surface area contributed by atoms with Crippen LogP contribution in [0.15, 0.2) is 0 Å². The number of rotatable bonds is 3. The van der Waals surface area contributed by atoms with E-state index in [-0.39, 0.29) is 0 Å². The van der Waals surface area contributed by atoms with Gasteiger partial charge in [0.1, 0.15) is 0 Å². The van der Waals surface area contributed by atoms with Crippen molar-refractivity contribution in [3.8, 4) is 0 Å². The van der Waals surface area contributed by atoms with Crippen LogP contribution in [0.4, 0.5) is 0 Å². The maximum absolute atomic E-state index is 5.83. The summed E-state index contributed by atoms with van der Waals surface area (Å²) in [6.45, 7) is 4.50. The Morgan fingerprint density at radius 2 is 2.10 bits per heavy atom. The van der Waals surface area contributed by atoms with E-state index in [2.05, 4.69) is 13.8 Å². The molecule has 0 saturated heterocycles. The zero-order chi connectivity index (χ0) is 7.56. The van der Waals surface area contributed by atoms with E-state index in [1.54, 1.807) is 0 Å². The SMILES string of the molecule is [B]C(CC)CC1CC(C)C1. The Bertz CT molecular complexity index is 94.9. The van der Waals surface area contributed by atoms with Crippen LogP contribution in [0.5, 0.6) is 0 Å². The lowest BCUT2D eigenvalue weighted by Crippen LogP contribution is -2.22. The lowest BCUT2D eigenvalue weighted by atomic mass is 9.67. The van der Waals surface area contributed by atoms with Crippen LogP contribution in [0.3, 0.4) is 0 Å². The van der Waals surface area contributed by atoms with Crippen molar-refractivity contribution in [1.29, 1.82) is 0 Å². The van der Waals surface area contributed by atoms with E-state index in [1.807, 2.05) is 0 Å². The molecule has 0 aromatic carbocycles. The summed E-state index contributed by atoms with van der Waals surface area (Å²) in [5.74, 6) is 2.41. The average molecular weight is 136 g/mol. The van der Waals surface area contributed by atoms with Gasteiger partial charge in [-0.25, -0.2) is 0 Å². The second-order valence-electron chi connectivity index (χ2n) is 3.85. The highest BCUT2D eigenvalue weighted by Gasteiger charge is 2.25. The summed E-state index contributed by atoms with van der Waals surface area (Å²) in [6, 6.07) is 0. The summed E-state index contributed by atoms with van der Waals surface area (Å²) in [5.41, 5.74) is 0. The summed E-state index contributed by atoms with van der Waals surface area (Å²) in [5, 5.41) is 0. The summed E-state index contributed by atoms with van der Waals surface area (Å²) < 4.78 is 0. The number of hydrogen-bond donors (Lipinski definition) is 0. The van der Waals surface area contributed by atoms with Crippen molar-refractivity contribution < 1.29 is 0 Å². The molecule has 0 heterocycles. The lowest BCUT2D eigenvalue weighted by Gasteiger charge is -2.34. The Balaban J connectivity index is 2.04. The summed E-state index contributed by atoms with van der Waals surface area (Å²) in [6.07, 6.45) is 5.26. The zero-order valence-electron chi connectivity index (χ0n) is 7.14. The molecule has 0 bridgehead atoms. The highest BCUT2D eigenvalue weighted by molar-refractivity contribution is 6.11. The molecule has 0 aliphatic heterocycles. The van der Waals surface area contributed by atoms with E-state index < -0.39 is 0 Å². The second-order valence-corrected chi connectivity index (χ2v) is 3.85. The van der Waals surface area contributed by atoms with Crippen LogP contribution in [0.1, 0.15) is 39.5 Å². The van der Waals surface area contributed by atoms with Crippen molar-refractivity contribution in [1.82, 2.24) is 0 Å². The van der Waals surface area contributed by atoms with Gasteiger partial charge < -0.3 is 0 Å². The first-order valence-corrected chi connectivity index (χ1v) is 4.48. The minimum atomic E-state index is 0.470. The monoisotopic (exact) mass is 136 g/mol. The maximum atomic E-state index is 5.83. The van der Waals surface area contributed by atoms with Crippen molar-refractivity contribution in [3.63, 3.8) is 0 Å². The van der Waals surface area contributed by atoms with Gasteiger partial charge in [-0.2, -0.15) is 0 Å². The Labute approximate surface area is 65.8 Å². The molecule has 1 aliphatic rings. The van der Waals surface area contributed by atoms with E-state index >= 15 is 0 Å². The quantitative estimate of drug-likeness (QED) is 0.523. The zero-order valence-corrected chi connectivity index (χ0v) is 7.14. The smallest absolute Gasteiger partial charge is 0.0699 e. The molecule has 0 amide bonds. The largest absolute Gasteiger partial charge is 0.0774 e. The average Bonchev–Trinajstić information content (AvgIpc) is 1.84. The van der Waals surface area contributed by atoms with Crippen molar-refractivity contribution in [2.75, 3.05) is 0 Å². The normalized spacial score (nSPS) is 35.0. The van der Waals surface area contributed by atoms with Crippen LogP contribution in [-0.4, -0.2) is 7.85 Å². The molecule has 56 valence electrons. The molecule has 0 aromatic heterocycles. The van der Waals surface area contributed by atoms with Crippen molar-refractivity contribution in [3.05, 3.63) is 0 Å². The van der Waals surface area contributed by atoms with Crippen LogP contribution in [0.25, 0.3) is 0 Å². The van der Waals surface area contributed by atoms with Crippen LogP contribution in [0.2, 0.25) is 5.82 Å². The van der Waals surface area contributed by atoms with Gasteiger partial charge in [0, 0.05) is 0 Å². The molecular formula is C9H17B. The maximum Gasteiger partial charge on any atom is 0.0699 e. The van der Waals surface area contributed by atoms with Crippen LogP contribution in [0, 0.1) is 11.8 Å². The predicted molar refractivity (Wildman–Crippen MR) is 46.3 cm³/mol. The van der Waals surface area contributed by atoms with Gasteiger partial charge in [-0.1, -0.05) is 32.5 Å². The van der Waals surface area contributed by atoms with Gasteiger partial charge in [-0.05, 0) is 24.7 Å². The summed E-state index contributed by atoms with van der Waals surface area (Å²) >= 11 is 0. The Hall–Kier alpha value is 0.0649. The molecular weight excluding hydrogens is 119 g/mol. The van der Waals surface area contributed by atoms with E-state index in [4.69, 9.17) is 7.85 Å². The van der Waals surface area contributed by atoms with Gasteiger partial charge in [0.25, 0.3) is 0 Å². The Morgan fingerprint density at radius 1 is 1.50 bits per heavy atom. The minimum Gasteiger partial charge on any atom is -0.0774 e. The standard InChI is InChI=1S/C9H17B/c1-3-9(10)6-8-4-7(2)5-8/h7-9H,3-6H2,1-2H3. The third-order valence-electron chi connectivity index (χ3n) is 2.63. The minimum absolute atomic E-state index is 0.470. The van der Waals surface area contributed by atoms with Gasteiger partial charge in [-0.15, -0.1) is 0 Å². The van der Waals surface area contributed by atoms with Crippen LogP contribution >= 0.6 is 0 Å². The van der Waals surface area contributed by atoms with Crippen molar-refractivity contribution in [2.45, 2.75) is 45.3 Å². The van der Waals surface area contributed by atoms with E-state index in [0.717, 1.165) is 18.3 Å². The molecule has 1 fully saturated rings. The van der Waals surface area contributed by atoms with Crippen molar-refractivity contribution in [2.24, 2.45) is 11.8 Å². The lowest BCUT2D eigenvalue weighted by molar-refractivity contribution is 0.196. The molecule has 1 heteroatoms. The molecule has 1 aliphatic carbocycles. The van der Waals surface area contributed by atoms with E-state index in [1.165, 1.54) is 19.3 Å². The fourth-order valence-electron chi connectivity index (χ4n) is 1.86. The molecule has 0 N–H and O–H groups in total. The van der Waals surface area contributed by atoms with Gasteiger partial charge in [0.2, 0.25) is 0 Å². The molecule has 0 nitrogen and oxygen atoms in total. The first kappa shape index (κ1) is 8.16. The predicted octanol–water partition coefficient (Wildman–Crippen LogP) is 2.79. The first-order valence-electron chi connectivity index (χ1n) is 4.48. The highest BCUT2D eigenvalue weighted by atomic mass is 14.3. The van der Waals surface area contributed by atoms with Crippen LogP contribution in [-0.2, 0) is 0 Å². The Morgan fingerprint density at radius 3 is 2.50 bits per heavy atom. The molecule has 1 atom stereocenters. The topological polar surface area (TPSA) is 0 Å². The van der Waals surface area contributed by atoms with Crippen LogP contribution < -0.4 is 0 Å². The molecule has 1 saturated carbocycles. The van der Waals surface area contributed by atoms with E-state index in [0.29, 0.717) is 5.82 Å². The molecule has 0 aromatic rings. The summed E-state index contributed by atoms with van der Waals surface area (Å²) in [7, 11) is 5.83. The molecule has 0 spiro atoms. The Kier molecular flexibility index (Phi) is 2.82. The van der Waals surface area contributed by atoms with Gasteiger partial charge in [-0.3, -0.25) is 0 Å². The second kappa shape index (κ2) is 3.45.